The van der Waals surface area contributed by atoms with Gasteiger partial charge in [0.1, 0.15) is 0 Å². The maximum absolute atomic E-state index is 6.04. The molecular weight excluding hydrogens is 250 g/mol. The fourth-order valence-corrected chi connectivity index (χ4v) is 3.23. The molecule has 114 valence electrons. The summed E-state index contributed by atoms with van der Waals surface area (Å²) >= 11 is 0. The molecule has 5 heteroatoms. The summed E-state index contributed by atoms with van der Waals surface area (Å²) in [6.45, 7) is 6.15. The molecule has 1 aliphatic rings. The van der Waals surface area contributed by atoms with Crippen molar-refractivity contribution in [1.82, 2.24) is 19.4 Å². The predicted octanol–water partition coefficient (Wildman–Crippen LogP) is 1.32. The summed E-state index contributed by atoms with van der Waals surface area (Å²) in [5.74, 6) is 0. The molecule has 1 fully saturated rings. The molecule has 0 radical (unpaired) electrons. The molecule has 2 unspecified atom stereocenters. The highest BCUT2D eigenvalue weighted by atomic mass is 15.2. The van der Waals surface area contributed by atoms with Gasteiger partial charge in [-0.2, -0.15) is 0 Å². The lowest BCUT2D eigenvalue weighted by atomic mass is 10.1. The Bertz CT molecular complexity index is 403. The van der Waals surface area contributed by atoms with Gasteiger partial charge in [-0.25, -0.2) is 4.98 Å². The van der Waals surface area contributed by atoms with Crippen molar-refractivity contribution in [3.05, 3.63) is 18.2 Å². The standard InChI is InChI=1S/C15H29N5/c1-4-7-20-12-17-10-15(20)14(9-16)19(3)11-13-6-5-8-18(13)2/h10,12-14H,4-9,11,16H2,1-3H3. The van der Waals surface area contributed by atoms with Crippen molar-refractivity contribution in [1.29, 1.82) is 0 Å². The molecule has 0 aromatic carbocycles. The number of nitrogens with two attached hydrogens (primary N) is 1. The molecule has 2 atom stereocenters. The van der Waals surface area contributed by atoms with Gasteiger partial charge in [0.05, 0.1) is 18.1 Å². The number of hydrogen-bond acceptors (Lipinski definition) is 4. The van der Waals surface area contributed by atoms with Gasteiger partial charge in [-0.3, -0.25) is 4.90 Å². The Balaban J connectivity index is 2.04. The van der Waals surface area contributed by atoms with Crippen LogP contribution in [0.5, 0.6) is 0 Å². The smallest absolute Gasteiger partial charge is 0.0948 e. The number of aromatic nitrogens is 2. The minimum Gasteiger partial charge on any atom is -0.333 e. The summed E-state index contributed by atoms with van der Waals surface area (Å²) in [6.07, 6.45) is 7.64. The van der Waals surface area contributed by atoms with E-state index in [4.69, 9.17) is 5.73 Å². The van der Waals surface area contributed by atoms with Gasteiger partial charge >= 0.3 is 0 Å². The Hall–Kier alpha value is -0.910. The number of rotatable bonds is 7. The van der Waals surface area contributed by atoms with Crippen LogP contribution in [0.15, 0.2) is 12.5 Å². The summed E-state index contributed by atoms with van der Waals surface area (Å²) in [5.41, 5.74) is 7.29. The van der Waals surface area contributed by atoms with Crippen LogP contribution in [0.1, 0.15) is 37.9 Å². The third-order valence-electron chi connectivity index (χ3n) is 4.48. The maximum Gasteiger partial charge on any atom is 0.0948 e. The maximum atomic E-state index is 6.04. The van der Waals surface area contributed by atoms with Crippen LogP contribution < -0.4 is 5.73 Å². The topological polar surface area (TPSA) is 50.3 Å². The fraction of sp³-hybridized carbons (Fsp3) is 0.800. The first kappa shape index (κ1) is 15.5. The van der Waals surface area contributed by atoms with Gasteiger partial charge in [0.25, 0.3) is 0 Å². The number of imidazole rings is 1. The third kappa shape index (κ3) is 3.40. The summed E-state index contributed by atoms with van der Waals surface area (Å²) in [7, 11) is 4.41. The first-order valence-corrected chi connectivity index (χ1v) is 7.78. The van der Waals surface area contributed by atoms with Gasteiger partial charge < -0.3 is 15.2 Å². The van der Waals surface area contributed by atoms with E-state index in [-0.39, 0.29) is 6.04 Å². The Morgan fingerprint density at radius 3 is 2.95 bits per heavy atom. The van der Waals surface area contributed by atoms with E-state index in [9.17, 15) is 0 Å². The second kappa shape index (κ2) is 7.20. The average molecular weight is 279 g/mol. The molecule has 2 heterocycles. The molecule has 1 saturated heterocycles. The lowest BCUT2D eigenvalue weighted by molar-refractivity contribution is 0.175. The monoisotopic (exact) mass is 279 g/mol. The highest BCUT2D eigenvalue weighted by Crippen LogP contribution is 2.22. The molecule has 0 aliphatic carbocycles. The number of likely N-dealkylation sites (N-methyl/N-ethyl adjacent to an activating group) is 2. The van der Waals surface area contributed by atoms with Crippen LogP contribution in [0.25, 0.3) is 0 Å². The van der Waals surface area contributed by atoms with E-state index in [2.05, 4.69) is 40.4 Å². The van der Waals surface area contributed by atoms with Gasteiger partial charge in [-0.15, -0.1) is 0 Å². The van der Waals surface area contributed by atoms with Crippen molar-refractivity contribution in [2.24, 2.45) is 5.73 Å². The van der Waals surface area contributed by atoms with Crippen molar-refractivity contribution < 1.29 is 0 Å². The van der Waals surface area contributed by atoms with Crippen molar-refractivity contribution >= 4 is 0 Å². The SMILES string of the molecule is CCCn1cncc1C(CN)N(C)CC1CCCN1C. The molecule has 20 heavy (non-hydrogen) atoms. The zero-order valence-corrected chi connectivity index (χ0v) is 13.1. The molecule has 2 rings (SSSR count). The Morgan fingerprint density at radius 2 is 2.35 bits per heavy atom. The van der Waals surface area contributed by atoms with Gasteiger partial charge in [0.2, 0.25) is 0 Å². The fourth-order valence-electron chi connectivity index (χ4n) is 3.23. The highest BCUT2D eigenvalue weighted by Gasteiger charge is 2.26. The van der Waals surface area contributed by atoms with Crippen LogP contribution in [0.4, 0.5) is 0 Å². The van der Waals surface area contributed by atoms with Crippen LogP contribution in [0, 0.1) is 0 Å². The highest BCUT2D eigenvalue weighted by molar-refractivity contribution is 5.06. The average Bonchev–Trinajstić information content (AvgIpc) is 3.02. The number of likely N-dealkylation sites (tertiary alicyclic amines) is 1. The first-order chi connectivity index (χ1) is 9.67. The lowest BCUT2D eigenvalue weighted by Gasteiger charge is -2.32. The van der Waals surface area contributed by atoms with E-state index in [1.807, 2.05) is 12.5 Å². The molecule has 2 N–H and O–H groups in total. The van der Waals surface area contributed by atoms with Gasteiger partial charge in [-0.1, -0.05) is 6.92 Å². The third-order valence-corrected chi connectivity index (χ3v) is 4.48. The Morgan fingerprint density at radius 1 is 1.55 bits per heavy atom. The quantitative estimate of drug-likeness (QED) is 0.818. The van der Waals surface area contributed by atoms with Crippen molar-refractivity contribution in [2.75, 3.05) is 33.7 Å². The molecule has 0 spiro atoms. The molecule has 1 aromatic rings. The van der Waals surface area contributed by atoms with E-state index in [0.29, 0.717) is 12.6 Å². The van der Waals surface area contributed by atoms with Gasteiger partial charge in [0, 0.05) is 31.9 Å². The molecule has 1 aromatic heterocycles. The van der Waals surface area contributed by atoms with Crippen molar-refractivity contribution in [2.45, 2.75) is 44.8 Å². The minimum atomic E-state index is 0.262. The van der Waals surface area contributed by atoms with E-state index in [0.717, 1.165) is 19.5 Å². The zero-order chi connectivity index (χ0) is 14.5. The van der Waals surface area contributed by atoms with Crippen LogP contribution in [0.2, 0.25) is 0 Å². The molecule has 1 aliphatic heterocycles. The van der Waals surface area contributed by atoms with E-state index in [1.165, 1.54) is 25.1 Å². The number of nitrogens with zero attached hydrogens (tertiary/aromatic N) is 4. The summed E-state index contributed by atoms with van der Waals surface area (Å²) in [5, 5.41) is 0. The second-order valence-electron chi connectivity index (χ2n) is 5.98. The number of hydrogen-bond donors (Lipinski definition) is 1. The molecule has 0 saturated carbocycles. The zero-order valence-electron chi connectivity index (χ0n) is 13.1. The van der Waals surface area contributed by atoms with Crippen molar-refractivity contribution in [3.8, 4) is 0 Å². The second-order valence-corrected chi connectivity index (χ2v) is 5.98. The molecule has 0 amide bonds. The lowest BCUT2D eigenvalue weighted by Crippen LogP contribution is -2.41. The largest absolute Gasteiger partial charge is 0.333 e. The minimum absolute atomic E-state index is 0.262. The van der Waals surface area contributed by atoms with E-state index < -0.39 is 0 Å². The van der Waals surface area contributed by atoms with Gasteiger partial charge in [0.15, 0.2) is 0 Å². The summed E-state index contributed by atoms with van der Waals surface area (Å²) in [6, 6.07) is 0.926. The van der Waals surface area contributed by atoms with Crippen molar-refractivity contribution in [3.63, 3.8) is 0 Å². The van der Waals surface area contributed by atoms with Gasteiger partial charge in [-0.05, 0) is 39.9 Å². The van der Waals surface area contributed by atoms with Crippen LogP contribution >= 0.6 is 0 Å². The summed E-state index contributed by atoms with van der Waals surface area (Å²) in [4.78, 5) is 9.17. The molecule has 5 nitrogen and oxygen atoms in total. The molecular formula is C15H29N5. The first-order valence-electron chi connectivity index (χ1n) is 7.78. The molecule has 0 bridgehead atoms. The van der Waals surface area contributed by atoms with E-state index >= 15 is 0 Å². The predicted molar refractivity (Wildman–Crippen MR) is 82.6 cm³/mol. The van der Waals surface area contributed by atoms with Crippen LogP contribution in [0.3, 0.4) is 0 Å². The van der Waals surface area contributed by atoms with Crippen LogP contribution in [-0.2, 0) is 6.54 Å². The number of aryl methyl sites for hydroxylation is 1. The van der Waals surface area contributed by atoms with Crippen LogP contribution in [-0.4, -0.2) is 59.1 Å². The normalized spacial score (nSPS) is 21.8. The summed E-state index contributed by atoms with van der Waals surface area (Å²) < 4.78 is 2.24. The Kier molecular flexibility index (Phi) is 5.57. The Labute approximate surface area is 122 Å². The van der Waals surface area contributed by atoms with E-state index in [1.54, 1.807) is 0 Å².